The van der Waals surface area contributed by atoms with E-state index in [-0.39, 0.29) is 11.9 Å². The summed E-state index contributed by atoms with van der Waals surface area (Å²) in [4.78, 5) is 14.3. The normalized spacial score (nSPS) is 16.1. The zero-order valence-corrected chi connectivity index (χ0v) is 16.2. The van der Waals surface area contributed by atoms with Crippen molar-refractivity contribution in [1.29, 1.82) is 0 Å². The number of amides is 1. The Kier molecular flexibility index (Phi) is 6.98. The molecule has 3 rings (SSSR count). The second-order valence-corrected chi connectivity index (χ2v) is 7.13. The van der Waals surface area contributed by atoms with Gasteiger partial charge in [-0.3, -0.25) is 4.79 Å². The smallest absolute Gasteiger partial charge is 0.251 e. The molecule has 1 aliphatic heterocycles. The molecule has 5 nitrogen and oxygen atoms in total. The standard InChI is InChI=1S/C22H28N2O3/c1-17-3-7-19(8-4-17)21(15-24-11-13-27-14-12-24)23-22(25)20-9-5-18(6-10-20)16-26-2/h3-10,21H,11-16H2,1-2H3,(H,23,25)/p+1/t21-/m0/s1. The van der Waals surface area contributed by atoms with E-state index in [0.717, 1.165) is 44.0 Å². The second kappa shape index (κ2) is 9.65. The van der Waals surface area contributed by atoms with Crippen LogP contribution >= 0.6 is 0 Å². The fraction of sp³-hybridized carbons (Fsp3) is 0.409. The van der Waals surface area contributed by atoms with Gasteiger partial charge in [-0.2, -0.15) is 0 Å². The first kappa shape index (κ1) is 19.5. The van der Waals surface area contributed by atoms with Crippen molar-refractivity contribution in [1.82, 2.24) is 5.32 Å². The number of nitrogens with one attached hydrogen (secondary N) is 2. The lowest BCUT2D eigenvalue weighted by molar-refractivity contribution is -0.909. The summed E-state index contributed by atoms with van der Waals surface area (Å²) >= 11 is 0. The second-order valence-electron chi connectivity index (χ2n) is 7.13. The van der Waals surface area contributed by atoms with Crippen molar-refractivity contribution in [3.63, 3.8) is 0 Å². The van der Waals surface area contributed by atoms with Crippen LogP contribution in [0.25, 0.3) is 0 Å². The van der Waals surface area contributed by atoms with Crippen molar-refractivity contribution in [2.24, 2.45) is 0 Å². The van der Waals surface area contributed by atoms with E-state index in [9.17, 15) is 4.79 Å². The summed E-state index contributed by atoms with van der Waals surface area (Å²) in [6, 6.07) is 16.0. The highest BCUT2D eigenvalue weighted by Crippen LogP contribution is 2.14. The Morgan fingerprint density at radius 2 is 1.78 bits per heavy atom. The maximum atomic E-state index is 12.8. The first-order valence-corrected chi connectivity index (χ1v) is 9.52. The van der Waals surface area contributed by atoms with Crippen LogP contribution in [0.4, 0.5) is 0 Å². The van der Waals surface area contributed by atoms with E-state index >= 15 is 0 Å². The summed E-state index contributed by atoms with van der Waals surface area (Å²) in [6.07, 6.45) is 0. The SMILES string of the molecule is COCc1ccc(C(=O)N[C@@H](C[NH+]2CCOCC2)c2ccc(C)cc2)cc1. The van der Waals surface area contributed by atoms with Crippen molar-refractivity contribution in [3.8, 4) is 0 Å². The van der Waals surface area contributed by atoms with Gasteiger partial charge in [0, 0.05) is 12.7 Å². The number of benzene rings is 2. The van der Waals surface area contributed by atoms with E-state index in [1.165, 1.54) is 10.5 Å². The summed E-state index contributed by atoms with van der Waals surface area (Å²) in [7, 11) is 1.67. The van der Waals surface area contributed by atoms with E-state index in [1.807, 2.05) is 24.3 Å². The summed E-state index contributed by atoms with van der Waals surface area (Å²) in [5, 5.41) is 3.24. The topological polar surface area (TPSA) is 52.0 Å². The number of methoxy groups -OCH3 is 1. The minimum Gasteiger partial charge on any atom is -0.380 e. The molecule has 1 atom stereocenters. The largest absolute Gasteiger partial charge is 0.380 e. The number of aryl methyl sites for hydroxylation is 1. The number of rotatable bonds is 7. The molecule has 1 heterocycles. The van der Waals surface area contributed by atoms with Gasteiger partial charge in [-0.15, -0.1) is 0 Å². The van der Waals surface area contributed by atoms with Crippen molar-refractivity contribution in [3.05, 3.63) is 70.8 Å². The zero-order valence-electron chi connectivity index (χ0n) is 16.2. The molecule has 2 aromatic carbocycles. The lowest BCUT2D eigenvalue weighted by atomic mass is 10.0. The van der Waals surface area contributed by atoms with Crippen LogP contribution in [-0.2, 0) is 16.1 Å². The fourth-order valence-electron chi connectivity index (χ4n) is 3.36. The van der Waals surface area contributed by atoms with Crippen molar-refractivity contribution < 1.29 is 19.2 Å². The van der Waals surface area contributed by atoms with E-state index < -0.39 is 0 Å². The first-order valence-electron chi connectivity index (χ1n) is 9.52. The Labute approximate surface area is 161 Å². The molecule has 1 saturated heterocycles. The van der Waals surface area contributed by atoms with E-state index in [4.69, 9.17) is 9.47 Å². The Morgan fingerprint density at radius 1 is 1.11 bits per heavy atom. The zero-order chi connectivity index (χ0) is 19.1. The Bertz CT molecular complexity index is 722. The van der Waals surface area contributed by atoms with Gasteiger partial charge in [0.15, 0.2) is 0 Å². The molecule has 2 aromatic rings. The third-order valence-corrected chi connectivity index (χ3v) is 5.00. The average Bonchev–Trinajstić information content (AvgIpc) is 2.70. The Balaban J connectivity index is 1.72. The predicted octanol–water partition coefficient (Wildman–Crippen LogP) is 1.53. The highest BCUT2D eigenvalue weighted by molar-refractivity contribution is 5.94. The average molecular weight is 369 g/mol. The molecule has 0 saturated carbocycles. The number of carbonyl (C=O) groups excluding carboxylic acids is 1. The van der Waals surface area contributed by atoms with Gasteiger partial charge < -0.3 is 19.7 Å². The van der Waals surface area contributed by atoms with Gasteiger partial charge in [0.2, 0.25) is 0 Å². The number of hydrogen-bond donors (Lipinski definition) is 2. The van der Waals surface area contributed by atoms with Gasteiger partial charge in [-0.1, -0.05) is 42.0 Å². The monoisotopic (exact) mass is 369 g/mol. The van der Waals surface area contributed by atoms with Gasteiger partial charge in [-0.25, -0.2) is 0 Å². The number of quaternary nitrogens is 1. The number of hydrogen-bond acceptors (Lipinski definition) is 3. The third-order valence-electron chi connectivity index (χ3n) is 5.00. The van der Waals surface area contributed by atoms with Gasteiger partial charge in [0.25, 0.3) is 5.91 Å². The molecular formula is C22H29N2O3+. The predicted molar refractivity (Wildman–Crippen MR) is 105 cm³/mol. The molecule has 2 N–H and O–H groups in total. The lowest BCUT2D eigenvalue weighted by Gasteiger charge is -2.28. The van der Waals surface area contributed by atoms with Crippen LogP contribution in [0.2, 0.25) is 0 Å². The summed E-state index contributed by atoms with van der Waals surface area (Å²) in [5.74, 6) is -0.0443. The van der Waals surface area contributed by atoms with Gasteiger partial charge in [0.05, 0.1) is 19.8 Å². The van der Waals surface area contributed by atoms with E-state index in [2.05, 4.69) is 36.5 Å². The molecule has 0 unspecified atom stereocenters. The van der Waals surface area contributed by atoms with Crippen LogP contribution in [0, 0.1) is 6.92 Å². The molecule has 1 amide bonds. The molecular weight excluding hydrogens is 340 g/mol. The van der Waals surface area contributed by atoms with Crippen LogP contribution < -0.4 is 10.2 Å². The van der Waals surface area contributed by atoms with Crippen LogP contribution in [0.15, 0.2) is 48.5 Å². The van der Waals surface area contributed by atoms with Gasteiger partial charge in [-0.05, 0) is 30.2 Å². The van der Waals surface area contributed by atoms with Crippen molar-refractivity contribution in [2.75, 3.05) is 40.0 Å². The third kappa shape index (κ3) is 5.63. The first-order chi connectivity index (χ1) is 13.2. The maximum absolute atomic E-state index is 12.8. The highest BCUT2D eigenvalue weighted by atomic mass is 16.5. The minimum atomic E-state index is -0.0443. The molecule has 0 bridgehead atoms. The van der Waals surface area contributed by atoms with Crippen molar-refractivity contribution in [2.45, 2.75) is 19.6 Å². The maximum Gasteiger partial charge on any atom is 0.251 e. The lowest BCUT2D eigenvalue weighted by Crippen LogP contribution is -3.14. The summed E-state index contributed by atoms with van der Waals surface area (Å²) in [5.41, 5.74) is 4.09. The van der Waals surface area contributed by atoms with Gasteiger partial charge >= 0.3 is 0 Å². The van der Waals surface area contributed by atoms with Crippen LogP contribution in [-0.4, -0.2) is 45.9 Å². The summed E-state index contributed by atoms with van der Waals surface area (Å²) < 4.78 is 10.6. The van der Waals surface area contributed by atoms with Crippen LogP contribution in [0.3, 0.4) is 0 Å². The molecule has 0 spiro atoms. The Hall–Kier alpha value is -2.21. The highest BCUT2D eigenvalue weighted by Gasteiger charge is 2.23. The van der Waals surface area contributed by atoms with Crippen LogP contribution in [0.1, 0.15) is 33.1 Å². The summed E-state index contributed by atoms with van der Waals surface area (Å²) in [6.45, 7) is 7.00. The van der Waals surface area contributed by atoms with E-state index in [1.54, 1.807) is 7.11 Å². The molecule has 27 heavy (non-hydrogen) atoms. The molecule has 0 radical (unpaired) electrons. The molecule has 1 aliphatic rings. The van der Waals surface area contributed by atoms with Crippen molar-refractivity contribution >= 4 is 5.91 Å². The quantitative estimate of drug-likeness (QED) is 0.778. The molecule has 0 aromatic heterocycles. The molecule has 144 valence electrons. The fourth-order valence-corrected chi connectivity index (χ4v) is 3.36. The number of carbonyl (C=O) groups is 1. The minimum absolute atomic E-state index is 0.0233. The molecule has 5 heteroatoms. The molecule has 0 aliphatic carbocycles. The van der Waals surface area contributed by atoms with Gasteiger partial charge in [0.1, 0.15) is 25.7 Å². The van der Waals surface area contributed by atoms with E-state index in [0.29, 0.717) is 12.2 Å². The number of morpholine rings is 1. The Morgan fingerprint density at radius 3 is 2.41 bits per heavy atom. The number of ether oxygens (including phenoxy) is 2. The molecule has 1 fully saturated rings. The van der Waals surface area contributed by atoms with Crippen LogP contribution in [0.5, 0.6) is 0 Å².